The lowest BCUT2D eigenvalue weighted by atomic mass is 10.1. The molecule has 0 aliphatic rings. The highest BCUT2D eigenvalue weighted by Gasteiger charge is 2.08. The summed E-state index contributed by atoms with van der Waals surface area (Å²) in [6.07, 6.45) is 0. The molecule has 18 heavy (non-hydrogen) atoms. The fourth-order valence-electron chi connectivity index (χ4n) is 1.52. The largest absolute Gasteiger partial charge is 0.399 e. The van der Waals surface area contributed by atoms with Crippen LogP contribution in [0.5, 0.6) is 0 Å². The number of halogens is 2. The van der Waals surface area contributed by atoms with E-state index in [1.807, 2.05) is 18.2 Å². The molecule has 2 aromatic carbocycles. The molecule has 0 aliphatic heterocycles. The lowest BCUT2D eigenvalue weighted by Crippen LogP contribution is -1.97. The van der Waals surface area contributed by atoms with Crippen molar-refractivity contribution in [3.63, 3.8) is 0 Å². The van der Waals surface area contributed by atoms with Crippen molar-refractivity contribution in [3.8, 4) is 6.07 Å². The Labute approximate surface area is 122 Å². The van der Waals surface area contributed by atoms with Crippen molar-refractivity contribution < 1.29 is 0 Å². The lowest BCUT2D eigenvalue weighted by Gasteiger charge is -2.12. The molecule has 5 heteroatoms. The molecule has 0 amide bonds. The van der Waals surface area contributed by atoms with Crippen LogP contribution in [-0.2, 0) is 0 Å². The first-order valence-electron chi connectivity index (χ1n) is 5.12. The Kier molecular flexibility index (Phi) is 3.90. The predicted molar refractivity (Wildman–Crippen MR) is 80.7 cm³/mol. The Morgan fingerprint density at radius 2 is 1.78 bits per heavy atom. The van der Waals surface area contributed by atoms with Gasteiger partial charge in [0.1, 0.15) is 6.07 Å². The van der Waals surface area contributed by atoms with Crippen molar-refractivity contribution in [2.24, 2.45) is 0 Å². The second-order valence-corrected chi connectivity index (χ2v) is 5.35. The normalized spacial score (nSPS) is 9.83. The summed E-state index contributed by atoms with van der Waals surface area (Å²) in [7, 11) is 0. The highest BCUT2D eigenvalue weighted by Crippen LogP contribution is 2.34. The predicted octanol–water partition coefficient (Wildman–Crippen LogP) is 4.41. The van der Waals surface area contributed by atoms with Crippen LogP contribution in [0.25, 0.3) is 0 Å². The van der Waals surface area contributed by atoms with E-state index in [4.69, 9.17) is 11.0 Å². The number of hydrogen-bond acceptors (Lipinski definition) is 3. The Bertz CT molecular complexity index is 612. The molecule has 3 nitrogen and oxygen atoms in total. The minimum absolute atomic E-state index is 0.512. The van der Waals surface area contributed by atoms with Gasteiger partial charge in [-0.3, -0.25) is 0 Å². The van der Waals surface area contributed by atoms with Crippen LogP contribution in [0.1, 0.15) is 5.56 Å². The number of nitriles is 1. The van der Waals surface area contributed by atoms with E-state index in [1.165, 1.54) is 0 Å². The van der Waals surface area contributed by atoms with Crippen LogP contribution >= 0.6 is 31.9 Å². The number of hydrogen-bond donors (Lipinski definition) is 2. The molecule has 0 fully saturated rings. The van der Waals surface area contributed by atoms with Gasteiger partial charge in [-0.15, -0.1) is 0 Å². The third-order valence-electron chi connectivity index (χ3n) is 2.39. The maximum Gasteiger partial charge on any atom is 0.101 e. The molecule has 90 valence electrons. The van der Waals surface area contributed by atoms with Crippen LogP contribution in [-0.4, -0.2) is 0 Å². The summed E-state index contributed by atoms with van der Waals surface area (Å²) in [5, 5.41) is 12.3. The molecule has 0 saturated carbocycles. The molecular formula is C13H9Br2N3. The van der Waals surface area contributed by atoms with E-state index in [2.05, 4.69) is 43.2 Å². The molecule has 0 spiro atoms. The van der Waals surface area contributed by atoms with E-state index in [-0.39, 0.29) is 0 Å². The molecule has 0 atom stereocenters. The monoisotopic (exact) mass is 365 g/mol. The van der Waals surface area contributed by atoms with Gasteiger partial charge >= 0.3 is 0 Å². The SMILES string of the molecule is N#Cc1cc(N)ccc1Nc1c(Br)cccc1Br. The first-order valence-corrected chi connectivity index (χ1v) is 6.71. The van der Waals surface area contributed by atoms with Gasteiger partial charge in [-0.1, -0.05) is 6.07 Å². The quantitative estimate of drug-likeness (QED) is 0.774. The van der Waals surface area contributed by atoms with Crippen LogP contribution in [0.4, 0.5) is 17.1 Å². The van der Waals surface area contributed by atoms with E-state index in [1.54, 1.807) is 18.2 Å². The van der Waals surface area contributed by atoms with Crippen LogP contribution in [0.2, 0.25) is 0 Å². The Balaban J connectivity index is 2.44. The Morgan fingerprint density at radius 1 is 1.11 bits per heavy atom. The molecule has 2 rings (SSSR count). The Morgan fingerprint density at radius 3 is 2.39 bits per heavy atom. The smallest absolute Gasteiger partial charge is 0.101 e. The summed E-state index contributed by atoms with van der Waals surface area (Å²) in [5.41, 5.74) is 8.34. The maximum absolute atomic E-state index is 9.09. The van der Waals surface area contributed by atoms with E-state index < -0.39 is 0 Å². The van der Waals surface area contributed by atoms with Crippen molar-refractivity contribution in [1.82, 2.24) is 0 Å². The molecule has 0 bridgehead atoms. The van der Waals surface area contributed by atoms with Crippen molar-refractivity contribution in [2.45, 2.75) is 0 Å². The minimum atomic E-state index is 0.512. The summed E-state index contributed by atoms with van der Waals surface area (Å²) < 4.78 is 1.83. The number of nitrogens with zero attached hydrogens (tertiary/aromatic N) is 1. The number of rotatable bonds is 2. The fraction of sp³-hybridized carbons (Fsp3) is 0. The van der Waals surface area contributed by atoms with Crippen LogP contribution < -0.4 is 11.1 Å². The third kappa shape index (κ3) is 2.66. The summed E-state index contributed by atoms with van der Waals surface area (Å²) in [6, 6.07) is 13.1. The van der Waals surface area contributed by atoms with Gasteiger partial charge in [0.15, 0.2) is 0 Å². The van der Waals surface area contributed by atoms with Crippen LogP contribution in [0.3, 0.4) is 0 Å². The molecule has 0 heterocycles. The average Bonchev–Trinajstić information content (AvgIpc) is 2.35. The highest BCUT2D eigenvalue weighted by molar-refractivity contribution is 9.11. The number of para-hydroxylation sites is 1. The van der Waals surface area contributed by atoms with Crippen LogP contribution in [0, 0.1) is 11.3 Å². The van der Waals surface area contributed by atoms with Gasteiger partial charge in [-0.2, -0.15) is 5.26 Å². The van der Waals surface area contributed by atoms with Crippen molar-refractivity contribution in [1.29, 1.82) is 5.26 Å². The second-order valence-electron chi connectivity index (χ2n) is 3.64. The zero-order valence-corrected chi connectivity index (χ0v) is 12.4. The summed E-state index contributed by atoms with van der Waals surface area (Å²) in [4.78, 5) is 0. The fourth-order valence-corrected chi connectivity index (χ4v) is 2.71. The first kappa shape index (κ1) is 12.9. The van der Waals surface area contributed by atoms with E-state index in [0.29, 0.717) is 11.3 Å². The van der Waals surface area contributed by atoms with Gasteiger partial charge in [0, 0.05) is 14.6 Å². The number of nitrogens with two attached hydrogens (primary N) is 1. The summed E-state index contributed by atoms with van der Waals surface area (Å²) in [5.74, 6) is 0. The molecule has 3 N–H and O–H groups in total. The molecule has 2 aromatic rings. The van der Waals surface area contributed by atoms with Gasteiger partial charge in [0.25, 0.3) is 0 Å². The maximum atomic E-state index is 9.09. The zero-order valence-electron chi connectivity index (χ0n) is 9.24. The number of nitrogen functional groups attached to an aromatic ring is 1. The second kappa shape index (κ2) is 5.42. The number of benzene rings is 2. The first-order chi connectivity index (χ1) is 8.61. The topological polar surface area (TPSA) is 61.8 Å². The lowest BCUT2D eigenvalue weighted by molar-refractivity contribution is 1.45. The van der Waals surface area contributed by atoms with E-state index in [9.17, 15) is 0 Å². The van der Waals surface area contributed by atoms with Gasteiger partial charge in [0.05, 0.1) is 16.9 Å². The number of anilines is 3. The molecule has 0 aliphatic carbocycles. The third-order valence-corrected chi connectivity index (χ3v) is 3.71. The summed E-state index contributed by atoms with van der Waals surface area (Å²) >= 11 is 6.93. The van der Waals surface area contributed by atoms with Gasteiger partial charge in [0.2, 0.25) is 0 Å². The molecule has 0 saturated heterocycles. The van der Waals surface area contributed by atoms with E-state index in [0.717, 1.165) is 20.3 Å². The molecule has 0 aromatic heterocycles. The minimum Gasteiger partial charge on any atom is -0.399 e. The molecular weight excluding hydrogens is 358 g/mol. The van der Waals surface area contributed by atoms with Crippen molar-refractivity contribution in [3.05, 3.63) is 50.9 Å². The standard InChI is InChI=1S/C13H9Br2N3/c14-10-2-1-3-11(15)13(10)18-12-5-4-9(17)6-8(12)7-16/h1-6,18H,17H2. The molecule has 0 radical (unpaired) electrons. The average molecular weight is 367 g/mol. The van der Waals surface area contributed by atoms with Gasteiger partial charge in [-0.25, -0.2) is 0 Å². The molecule has 0 unspecified atom stereocenters. The summed E-state index contributed by atoms with van der Waals surface area (Å²) in [6.45, 7) is 0. The van der Waals surface area contributed by atoms with Crippen molar-refractivity contribution >= 4 is 48.9 Å². The van der Waals surface area contributed by atoms with Gasteiger partial charge < -0.3 is 11.1 Å². The highest BCUT2D eigenvalue weighted by atomic mass is 79.9. The van der Waals surface area contributed by atoms with Crippen LogP contribution in [0.15, 0.2) is 45.3 Å². The van der Waals surface area contributed by atoms with Gasteiger partial charge in [-0.05, 0) is 62.2 Å². The zero-order chi connectivity index (χ0) is 13.1. The van der Waals surface area contributed by atoms with E-state index >= 15 is 0 Å². The number of nitrogens with one attached hydrogen (secondary N) is 1. The van der Waals surface area contributed by atoms with Crippen molar-refractivity contribution in [2.75, 3.05) is 11.1 Å². The Hall–Kier alpha value is -1.51.